The normalized spacial score (nSPS) is 11.4. The van der Waals surface area contributed by atoms with Crippen LogP contribution in [0.25, 0.3) is 99.9 Å². The Morgan fingerprint density at radius 2 is 0.887 bits per heavy atom. The first kappa shape index (κ1) is 30.4. The number of aromatic nitrogens is 3. The largest absolute Gasteiger partial charge is 0.455 e. The third kappa shape index (κ3) is 5.29. The molecule has 0 bridgehead atoms. The van der Waals surface area contributed by atoms with Gasteiger partial charge in [0.15, 0.2) is 17.5 Å². The Balaban J connectivity index is 1.17. The molecule has 0 unspecified atom stereocenters. The van der Waals surface area contributed by atoms with Crippen LogP contribution in [0.5, 0.6) is 0 Å². The van der Waals surface area contributed by atoms with Crippen LogP contribution in [0.1, 0.15) is 5.56 Å². The maximum absolute atomic E-state index is 9.27. The molecule has 8 aromatic carbocycles. The van der Waals surface area contributed by atoms with Crippen LogP contribution in [0.15, 0.2) is 174 Å². The molecule has 0 spiro atoms. The third-order valence-electron chi connectivity index (χ3n) is 9.94. The molecule has 246 valence electrons. The van der Waals surface area contributed by atoms with E-state index in [4.69, 9.17) is 19.4 Å². The zero-order valence-electron chi connectivity index (χ0n) is 28.4. The van der Waals surface area contributed by atoms with Gasteiger partial charge in [-0.3, -0.25) is 0 Å². The van der Waals surface area contributed by atoms with Gasteiger partial charge in [0, 0.05) is 32.8 Å². The van der Waals surface area contributed by atoms with Crippen molar-refractivity contribution in [1.29, 1.82) is 5.26 Å². The van der Waals surface area contributed by atoms with E-state index in [0.29, 0.717) is 23.0 Å². The van der Waals surface area contributed by atoms with E-state index in [1.807, 2.05) is 97.1 Å². The van der Waals surface area contributed by atoms with Crippen LogP contribution in [0.3, 0.4) is 0 Å². The molecule has 0 amide bonds. The van der Waals surface area contributed by atoms with Crippen LogP contribution in [-0.2, 0) is 0 Å². The van der Waals surface area contributed by atoms with Crippen molar-refractivity contribution in [3.63, 3.8) is 0 Å². The highest BCUT2D eigenvalue weighted by Gasteiger charge is 2.19. The van der Waals surface area contributed by atoms with Crippen LogP contribution in [0.4, 0.5) is 0 Å². The molecular formula is C48H28N4O. The number of nitrogens with zero attached hydrogens (tertiary/aromatic N) is 4. The highest BCUT2D eigenvalue weighted by Crippen LogP contribution is 2.43. The number of para-hydroxylation sites is 1. The highest BCUT2D eigenvalue weighted by atomic mass is 16.3. The van der Waals surface area contributed by atoms with Crippen LogP contribution in [0.2, 0.25) is 0 Å². The van der Waals surface area contributed by atoms with Crippen molar-refractivity contribution in [2.45, 2.75) is 0 Å². The Bertz CT molecular complexity index is 2990. The van der Waals surface area contributed by atoms with E-state index in [0.717, 1.165) is 82.4 Å². The van der Waals surface area contributed by atoms with Crippen molar-refractivity contribution >= 4 is 43.5 Å². The lowest BCUT2D eigenvalue weighted by atomic mass is 9.92. The zero-order valence-corrected chi connectivity index (χ0v) is 28.4. The van der Waals surface area contributed by atoms with Crippen molar-refractivity contribution in [2.24, 2.45) is 0 Å². The van der Waals surface area contributed by atoms with E-state index in [1.54, 1.807) is 0 Å². The molecule has 0 aliphatic carbocycles. The minimum atomic E-state index is 0.599. The highest BCUT2D eigenvalue weighted by molar-refractivity contribution is 6.30. The number of benzene rings is 8. The van der Waals surface area contributed by atoms with E-state index in [9.17, 15) is 5.26 Å². The molecule has 10 rings (SSSR count). The summed E-state index contributed by atoms with van der Waals surface area (Å²) in [5.41, 5.74) is 9.46. The Hall–Kier alpha value is -7.42. The molecule has 0 saturated carbocycles. The molecule has 0 saturated heterocycles. The van der Waals surface area contributed by atoms with Crippen molar-refractivity contribution in [3.8, 4) is 62.5 Å². The first-order chi connectivity index (χ1) is 26.2. The summed E-state index contributed by atoms with van der Waals surface area (Å²) in [5.74, 6) is 1.84. The Labute approximate surface area is 305 Å². The average molecular weight is 677 g/mol. The monoisotopic (exact) mass is 676 g/mol. The second-order valence-electron chi connectivity index (χ2n) is 13.1. The molecule has 0 radical (unpaired) electrons. The third-order valence-corrected chi connectivity index (χ3v) is 9.94. The molecule has 0 N–H and O–H groups in total. The van der Waals surface area contributed by atoms with Crippen LogP contribution in [-0.4, -0.2) is 15.0 Å². The molecule has 0 fully saturated rings. The molecule has 5 nitrogen and oxygen atoms in total. The molecule has 0 aliphatic rings. The molecule has 5 heteroatoms. The number of fused-ring (bicyclic) bond motifs is 8. The molecular weight excluding hydrogens is 649 g/mol. The van der Waals surface area contributed by atoms with Gasteiger partial charge in [-0.2, -0.15) is 5.26 Å². The van der Waals surface area contributed by atoms with E-state index in [1.165, 1.54) is 0 Å². The summed E-state index contributed by atoms with van der Waals surface area (Å²) < 4.78 is 6.72. The van der Waals surface area contributed by atoms with Gasteiger partial charge in [0.25, 0.3) is 0 Å². The van der Waals surface area contributed by atoms with E-state index < -0.39 is 0 Å². The summed E-state index contributed by atoms with van der Waals surface area (Å²) in [7, 11) is 0. The average Bonchev–Trinajstić information content (AvgIpc) is 3.64. The summed E-state index contributed by atoms with van der Waals surface area (Å²) >= 11 is 0. The number of rotatable bonds is 5. The lowest BCUT2D eigenvalue weighted by molar-refractivity contribution is 0.673. The molecule has 0 aliphatic heterocycles. The van der Waals surface area contributed by atoms with Crippen molar-refractivity contribution in [3.05, 3.63) is 175 Å². The van der Waals surface area contributed by atoms with Gasteiger partial charge in [0.05, 0.1) is 11.6 Å². The molecule has 53 heavy (non-hydrogen) atoms. The first-order valence-corrected chi connectivity index (χ1v) is 17.5. The molecule has 0 atom stereocenters. The molecule has 2 aromatic heterocycles. The van der Waals surface area contributed by atoms with Crippen LogP contribution >= 0.6 is 0 Å². The summed E-state index contributed by atoms with van der Waals surface area (Å²) in [5, 5.41) is 15.8. The van der Waals surface area contributed by atoms with Gasteiger partial charge in [0.1, 0.15) is 11.2 Å². The van der Waals surface area contributed by atoms with Gasteiger partial charge >= 0.3 is 0 Å². The Morgan fingerprint density at radius 3 is 1.57 bits per heavy atom. The van der Waals surface area contributed by atoms with Crippen LogP contribution in [0, 0.1) is 11.3 Å². The SMILES string of the molecule is N#Cc1ccc(-c2cccc(-c3ccc4c5ccc(-c6nc(-c7ccccc7)nc(-c7ccccc7)n6)cc5c5oc6ccccc6c5c4c3)c2)cc1. The molecule has 2 heterocycles. The number of hydrogen-bond donors (Lipinski definition) is 0. The maximum Gasteiger partial charge on any atom is 0.164 e. The second kappa shape index (κ2) is 12.4. The Morgan fingerprint density at radius 1 is 0.377 bits per heavy atom. The minimum absolute atomic E-state index is 0.599. The van der Waals surface area contributed by atoms with Gasteiger partial charge in [-0.05, 0) is 74.8 Å². The van der Waals surface area contributed by atoms with Crippen molar-refractivity contribution in [1.82, 2.24) is 15.0 Å². The van der Waals surface area contributed by atoms with Gasteiger partial charge in [-0.15, -0.1) is 0 Å². The van der Waals surface area contributed by atoms with Gasteiger partial charge < -0.3 is 4.42 Å². The van der Waals surface area contributed by atoms with Crippen LogP contribution < -0.4 is 0 Å². The van der Waals surface area contributed by atoms with Gasteiger partial charge in [0.2, 0.25) is 0 Å². The Kier molecular flexibility index (Phi) is 7.12. The van der Waals surface area contributed by atoms with E-state index >= 15 is 0 Å². The zero-order chi connectivity index (χ0) is 35.3. The fraction of sp³-hybridized carbons (Fsp3) is 0. The fourth-order valence-electron chi connectivity index (χ4n) is 7.33. The quantitative estimate of drug-likeness (QED) is 0.170. The predicted octanol–water partition coefficient (Wildman–Crippen LogP) is 12.3. The summed E-state index contributed by atoms with van der Waals surface area (Å²) in [6, 6.07) is 60.0. The van der Waals surface area contributed by atoms with E-state index in [2.05, 4.69) is 78.9 Å². The lowest BCUT2D eigenvalue weighted by Gasteiger charge is -2.12. The fourth-order valence-corrected chi connectivity index (χ4v) is 7.33. The van der Waals surface area contributed by atoms with Crippen molar-refractivity contribution in [2.75, 3.05) is 0 Å². The van der Waals surface area contributed by atoms with Gasteiger partial charge in [-0.1, -0.05) is 133 Å². The smallest absolute Gasteiger partial charge is 0.164 e. The summed E-state index contributed by atoms with van der Waals surface area (Å²) in [4.78, 5) is 14.9. The topological polar surface area (TPSA) is 75.6 Å². The standard InChI is InChI=1S/C48H28N4O/c49-29-30-18-20-31(21-19-30)34-14-9-15-35(26-34)36-22-24-38-39-25-23-37(28-42(39)45-44(41(38)27-36)40-16-7-8-17-43(40)53-45)48-51-46(32-10-3-1-4-11-32)50-47(52-48)33-12-5-2-6-13-33/h1-28H. The van der Waals surface area contributed by atoms with Crippen molar-refractivity contribution < 1.29 is 4.42 Å². The minimum Gasteiger partial charge on any atom is -0.455 e. The predicted molar refractivity (Wildman–Crippen MR) is 214 cm³/mol. The maximum atomic E-state index is 9.27. The van der Waals surface area contributed by atoms with E-state index in [-0.39, 0.29) is 0 Å². The molecule has 10 aromatic rings. The number of furan rings is 1. The summed E-state index contributed by atoms with van der Waals surface area (Å²) in [6.07, 6.45) is 0. The number of hydrogen-bond acceptors (Lipinski definition) is 5. The van der Waals surface area contributed by atoms with Gasteiger partial charge in [-0.25, -0.2) is 15.0 Å². The summed E-state index contributed by atoms with van der Waals surface area (Å²) in [6.45, 7) is 0. The number of nitriles is 1. The first-order valence-electron chi connectivity index (χ1n) is 17.5. The lowest BCUT2D eigenvalue weighted by Crippen LogP contribution is -2.00. The second-order valence-corrected chi connectivity index (χ2v) is 13.1.